The molecule has 158 valence electrons. The zero-order chi connectivity index (χ0) is 21.6. The number of ether oxygens (including phenoxy) is 2. The molecule has 1 N–H and O–H groups in total. The van der Waals surface area contributed by atoms with Crippen molar-refractivity contribution in [2.45, 2.75) is 58.2 Å². The third-order valence-electron chi connectivity index (χ3n) is 6.51. The number of halogens is 1. The summed E-state index contributed by atoms with van der Waals surface area (Å²) < 4.78 is 11.4. The van der Waals surface area contributed by atoms with Gasteiger partial charge < -0.3 is 14.6 Å². The van der Waals surface area contributed by atoms with Gasteiger partial charge in [-0.05, 0) is 85.5 Å². The van der Waals surface area contributed by atoms with Crippen LogP contribution in [0, 0.1) is 20.8 Å². The smallest absolute Gasteiger partial charge is 0.343 e. The van der Waals surface area contributed by atoms with Crippen LogP contribution in [0.25, 0.3) is 16.7 Å². The van der Waals surface area contributed by atoms with Gasteiger partial charge in [0.05, 0.1) is 6.10 Å². The van der Waals surface area contributed by atoms with E-state index in [2.05, 4.69) is 13.0 Å². The van der Waals surface area contributed by atoms with Gasteiger partial charge in [0.15, 0.2) is 11.4 Å². The van der Waals surface area contributed by atoms with Gasteiger partial charge in [0.2, 0.25) is 0 Å². The number of methoxy groups -OCH3 is 1. The molecule has 4 rings (SSSR count). The summed E-state index contributed by atoms with van der Waals surface area (Å²) >= 11 is 6.07. The van der Waals surface area contributed by atoms with E-state index in [1.54, 1.807) is 7.11 Å². The predicted octanol–water partition coefficient (Wildman–Crippen LogP) is 6.09. The van der Waals surface area contributed by atoms with Crippen LogP contribution in [-0.2, 0) is 14.3 Å². The summed E-state index contributed by atoms with van der Waals surface area (Å²) in [7, 11) is 1.66. The van der Waals surface area contributed by atoms with Gasteiger partial charge in [-0.25, -0.2) is 4.79 Å². The number of benzene rings is 2. The summed E-state index contributed by atoms with van der Waals surface area (Å²) in [5, 5.41) is 12.0. The Morgan fingerprint density at radius 2 is 1.80 bits per heavy atom. The van der Waals surface area contributed by atoms with E-state index in [1.165, 1.54) is 0 Å². The van der Waals surface area contributed by atoms with Crippen LogP contribution in [-0.4, -0.2) is 29.9 Å². The zero-order valence-corrected chi connectivity index (χ0v) is 18.6. The fourth-order valence-corrected chi connectivity index (χ4v) is 5.27. The number of rotatable bonds is 3. The van der Waals surface area contributed by atoms with Gasteiger partial charge >= 0.3 is 5.97 Å². The van der Waals surface area contributed by atoms with Crippen LogP contribution in [0.4, 0.5) is 0 Å². The highest BCUT2D eigenvalue weighted by Crippen LogP contribution is 2.48. The Labute approximate surface area is 182 Å². The topological polar surface area (TPSA) is 55.8 Å². The molecule has 0 bridgehead atoms. The molecule has 0 saturated heterocycles. The first kappa shape index (κ1) is 21.0. The maximum Gasteiger partial charge on any atom is 0.343 e. The summed E-state index contributed by atoms with van der Waals surface area (Å²) in [5.41, 5.74) is 5.13. The highest BCUT2D eigenvalue weighted by Gasteiger charge is 2.51. The van der Waals surface area contributed by atoms with Gasteiger partial charge in [0.25, 0.3) is 0 Å². The molecule has 2 aromatic rings. The maximum atomic E-state index is 13.0. The molecular weight excluding hydrogens is 400 g/mol. The van der Waals surface area contributed by atoms with Crippen molar-refractivity contribution < 1.29 is 19.4 Å². The van der Waals surface area contributed by atoms with E-state index in [-0.39, 0.29) is 17.4 Å². The predicted molar refractivity (Wildman–Crippen MR) is 119 cm³/mol. The molecule has 5 heteroatoms. The molecule has 0 radical (unpaired) electrons. The SMILES string of the molecule is COC1CCCC2(C1)OC(=O)C(c1c(C)cc(C)c(-c3ccc(Cl)cc3)c1C)=C2O. The van der Waals surface area contributed by atoms with E-state index in [4.69, 9.17) is 21.1 Å². The van der Waals surface area contributed by atoms with E-state index in [0.717, 1.165) is 46.2 Å². The molecule has 1 fully saturated rings. The Hall–Kier alpha value is -2.30. The normalized spacial score (nSPS) is 23.9. The fraction of sp³-hybridized carbons (Fsp3) is 0.400. The van der Waals surface area contributed by atoms with Crippen molar-refractivity contribution >= 4 is 23.1 Å². The summed E-state index contributed by atoms with van der Waals surface area (Å²) in [6.45, 7) is 6.02. The monoisotopic (exact) mass is 426 g/mol. The molecule has 2 atom stereocenters. The number of aliphatic hydroxyl groups is 1. The lowest BCUT2D eigenvalue weighted by Crippen LogP contribution is -2.40. The first-order chi connectivity index (χ1) is 14.3. The van der Waals surface area contributed by atoms with E-state index in [9.17, 15) is 9.90 Å². The standard InChI is InChI=1S/C25H27ClO4/c1-14-12-15(2)21(16(3)20(14)17-7-9-18(26)10-8-17)22-23(27)25(30-24(22)28)11-5-6-19(13-25)29-4/h7-10,12,19,27H,5-6,11,13H2,1-4H3. The van der Waals surface area contributed by atoms with Crippen LogP contribution >= 0.6 is 11.6 Å². The molecule has 30 heavy (non-hydrogen) atoms. The van der Waals surface area contributed by atoms with Crippen molar-refractivity contribution in [3.63, 3.8) is 0 Å². The van der Waals surface area contributed by atoms with Crippen LogP contribution in [0.15, 0.2) is 36.1 Å². The van der Waals surface area contributed by atoms with Gasteiger partial charge in [-0.1, -0.05) is 29.8 Å². The highest BCUT2D eigenvalue weighted by atomic mass is 35.5. The molecule has 4 nitrogen and oxygen atoms in total. The summed E-state index contributed by atoms with van der Waals surface area (Å²) in [6, 6.07) is 9.73. The molecule has 1 aliphatic heterocycles. The minimum atomic E-state index is -0.977. The number of aryl methyl sites for hydroxylation is 2. The second-order valence-corrected chi connectivity index (χ2v) is 8.89. The van der Waals surface area contributed by atoms with Crippen molar-refractivity contribution in [1.29, 1.82) is 0 Å². The van der Waals surface area contributed by atoms with E-state index in [1.807, 2.05) is 38.1 Å². The largest absolute Gasteiger partial charge is 0.507 e. The van der Waals surface area contributed by atoms with Gasteiger partial charge in [-0.15, -0.1) is 0 Å². The minimum Gasteiger partial charge on any atom is -0.507 e. The van der Waals surface area contributed by atoms with Crippen LogP contribution in [0.2, 0.25) is 5.02 Å². The van der Waals surface area contributed by atoms with Crippen LogP contribution in [0.3, 0.4) is 0 Å². The Balaban J connectivity index is 1.88. The molecule has 1 spiro atoms. The van der Waals surface area contributed by atoms with Crippen molar-refractivity contribution in [3.05, 3.63) is 63.4 Å². The molecule has 1 saturated carbocycles. The first-order valence-corrected chi connectivity index (χ1v) is 10.7. The Morgan fingerprint density at radius 1 is 1.13 bits per heavy atom. The Kier molecular flexibility index (Phi) is 5.41. The highest BCUT2D eigenvalue weighted by molar-refractivity contribution is 6.30. The summed E-state index contributed by atoms with van der Waals surface area (Å²) in [5.74, 6) is -0.410. The van der Waals surface area contributed by atoms with E-state index in [0.29, 0.717) is 17.9 Å². The molecule has 2 unspecified atom stereocenters. The minimum absolute atomic E-state index is 0.0297. The molecule has 1 heterocycles. The fourth-order valence-electron chi connectivity index (χ4n) is 5.15. The summed E-state index contributed by atoms with van der Waals surface area (Å²) in [6.07, 6.45) is 2.81. The second kappa shape index (κ2) is 7.75. The van der Waals surface area contributed by atoms with Crippen LogP contribution in [0.5, 0.6) is 0 Å². The Bertz CT molecular complexity index is 1040. The first-order valence-electron chi connectivity index (χ1n) is 10.3. The number of hydrogen-bond donors (Lipinski definition) is 1. The molecule has 1 aliphatic carbocycles. The average Bonchev–Trinajstić information content (AvgIpc) is 2.93. The molecule has 2 aliphatic rings. The maximum absolute atomic E-state index is 13.0. The lowest BCUT2D eigenvalue weighted by atomic mass is 9.79. The van der Waals surface area contributed by atoms with Crippen molar-refractivity contribution in [2.75, 3.05) is 7.11 Å². The van der Waals surface area contributed by atoms with Crippen molar-refractivity contribution in [1.82, 2.24) is 0 Å². The van der Waals surface area contributed by atoms with Crippen molar-refractivity contribution in [3.8, 4) is 11.1 Å². The number of carbonyl (C=O) groups excluding carboxylic acids is 1. The van der Waals surface area contributed by atoms with E-state index >= 15 is 0 Å². The van der Waals surface area contributed by atoms with Gasteiger partial charge in [0, 0.05) is 18.6 Å². The van der Waals surface area contributed by atoms with Crippen LogP contribution < -0.4 is 0 Å². The third kappa shape index (κ3) is 3.32. The number of hydrogen-bond acceptors (Lipinski definition) is 4. The number of aliphatic hydroxyl groups excluding tert-OH is 1. The molecule has 2 aromatic carbocycles. The zero-order valence-electron chi connectivity index (χ0n) is 17.8. The second-order valence-electron chi connectivity index (χ2n) is 8.45. The Morgan fingerprint density at radius 3 is 2.47 bits per heavy atom. The summed E-state index contributed by atoms with van der Waals surface area (Å²) in [4.78, 5) is 13.0. The molecule has 0 aromatic heterocycles. The van der Waals surface area contributed by atoms with E-state index < -0.39 is 11.6 Å². The lowest BCUT2D eigenvalue weighted by Gasteiger charge is -2.35. The van der Waals surface area contributed by atoms with Gasteiger partial charge in [-0.3, -0.25) is 0 Å². The number of esters is 1. The number of carbonyl (C=O) groups is 1. The van der Waals surface area contributed by atoms with Crippen molar-refractivity contribution in [2.24, 2.45) is 0 Å². The van der Waals surface area contributed by atoms with Gasteiger partial charge in [-0.2, -0.15) is 0 Å². The third-order valence-corrected chi connectivity index (χ3v) is 6.76. The average molecular weight is 427 g/mol. The van der Waals surface area contributed by atoms with Crippen LogP contribution in [0.1, 0.15) is 47.9 Å². The van der Waals surface area contributed by atoms with Gasteiger partial charge in [0.1, 0.15) is 5.57 Å². The molecular formula is C25H27ClO4. The lowest BCUT2D eigenvalue weighted by molar-refractivity contribution is -0.153. The quantitative estimate of drug-likeness (QED) is 0.603. The molecule has 0 amide bonds.